The maximum atomic E-state index is 5.23. The molecule has 2 aromatic rings. The lowest BCUT2D eigenvalue weighted by atomic mass is 10.2. The molecule has 1 aliphatic heterocycles. The van der Waals surface area contributed by atoms with Crippen LogP contribution in [0, 0.1) is 0 Å². The van der Waals surface area contributed by atoms with Crippen LogP contribution in [-0.4, -0.2) is 28.4 Å². The van der Waals surface area contributed by atoms with Crippen molar-refractivity contribution in [2.75, 3.05) is 13.7 Å². The number of ether oxygens (including phenoxy) is 1. The summed E-state index contributed by atoms with van der Waals surface area (Å²) in [5.74, 6) is 2.72. The summed E-state index contributed by atoms with van der Waals surface area (Å²) in [7, 11) is 1.66. The van der Waals surface area contributed by atoms with E-state index in [4.69, 9.17) is 4.74 Å². The van der Waals surface area contributed by atoms with Crippen LogP contribution >= 0.6 is 15.9 Å². The Morgan fingerprint density at radius 3 is 3.06 bits per heavy atom. The summed E-state index contributed by atoms with van der Waals surface area (Å²) in [5.41, 5.74) is 1.04. The number of aromatic nitrogens is 3. The smallest absolute Gasteiger partial charge is 0.164 e. The first-order valence-electron chi connectivity index (χ1n) is 5.76. The SMILES string of the molecule is COc1ccc(-c2nnc3n2CCNC3)cc1Br. The van der Waals surface area contributed by atoms with Gasteiger partial charge in [0.15, 0.2) is 5.82 Å². The highest BCUT2D eigenvalue weighted by Crippen LogP contribution is 2.30. The molecule has 0 spiro atoms. The molecule has 2 heterocycles. The van der Waals surface area contributed by atoms with Crippen LogP contribution in [0.3, 0.4) is 0 Å². The molecule has 0 bridgehead atoms. The van der Waals surface area contributed by atoms with Crippen LogP contribution < -0.4 is 10.1 Å². The van der Waals surface area contributed by atoms with Gasteiger partial charge in [0.05, 0.1) is 18.1 Å². The van der Waals surface area contributed by atoms with Crippen LogP contribution in [0.15, 0.2) is 22.7 Å². The summed E-state index contributed by atoms with van der Waals surface area (Å²) >= 11 is 3.49. The third kappa shape index (κ3) is 1.91. The van der Waals surface area contributed by atoms with Gasteiger partial charge in [-0.05, 0) is 34.1 Å². The lowest BCUT2D eigenvalue weighted by molar-refractivity contribution is 0.412. The summed E-state index contributed by atoms with van der Waals surface area (Å²) in [6, 6.07) is 5.95. The summed E-state index contributed by atoms with van der Waals surface area (Å²) in [5, 5.41) is 11.8. The van der Waals surface area contributed by atoms with Crippen molar-refractivity contribution < 1.29 is 4.74 Å². The molecule has 18 heavy (non-hydrogen) atoms. The molecule has 94 valence electrons. The summed E-state index contributed by atoms with van der Waals surface area (Å²) in [6.07, 6.45) is 0. The molecule has 0 atom stereocenters. The van der Waals surface area contributed by atoms with Crippen LogP contribution in [0.25, 0.3) is 11.4 Å². The predicted octanol–water partition coefficient (Wildman–Crippen LogP) is 1.82. The van der Waals surface area contributed by atoms with Crippen molar-refractivity contribution >= 4 is 15.9 Å². The number of nitrogens with zero attached hydrogens (tertiary/aromatic N) is 3. The second kappa shape index (κ2) is 4.70. The molecule has 5 nitrogen and oxygen atoms in total. The Kier molecular flexibility index (Phi) is 3.05. The number of hydrogen-bond acceptors (Lipinski definition) is 4. The highest BCUT2D eigenvalue weighted by atomic mass is 79.9. The van der Waals surface area contributed by atoms with Crippen molar-refractivity contribution in [1.82, 2.24) is 20.1 Å². The number of halogens is 1. The number of nitrogens with one attached hydrogen (secondary N) is 1. The molecule has 1 aromatic heterocycles. The van der Waals surface area contributed by atoms with E-state index in [1.165, 1.54) is 0 Å². The van der Waals surface area contributed by atoms with E-state index in [0.717, 1.165) is 47.1 Å². The molecule has 3 rings (SSSR count). The zero-order valence-electron chi connectivity index (χ0n) is 9.98. The van der Waals surface area contributed by atoms with E-state index < -0.39 is 0 Å². The molecule has 1 aliphatic rings. The average molecular weight is 309 g/mol. The zero-order chi connectivity index (χ0) is 12.5. The van der Waals surface area contributed by atoms with Gasteiger partial charge in [-0.25, -0.2) is 0 Å². The van der Waals surface area contributed by atoms with Gasteiger partial charge in [0, 0.05) is 18.7 Å². The highest BCUT2D eigenvalue weighted by Gasteiger charge is 2.17. The molecule has 1 N–H and O–H groups in total. The van der Waals surface area contributed by atoms with E-state index in [0.29, 0.717) is 0 Å². The molecule has 6 heteroatoms. The normalized spacial score (nSPS) is 14.3. The fourth-order valence-electron chi connectivity index (χ4n) is 2.11. The third-order valence-corrected chi connectivity index (χ3v) is 3.65. The maximum Gasteiger partial charge on any atom is 0.164 e. The molecule has 0 saturated carbocycles. The van der Waals surface area contributed by atoms with E-state index in [1.807, 2.05) is 18.2 Å². The monoisotopic (exact) mass is 308 g/mol. The molecular weight excluding hydrogens is 296 g/mol. The molecule has 0 amide bonds. The van der Waals surface area contributed by atoms with Gasteiger partial charge < -0.3 is 14.6 Å². The number of rotatable bonds is 2. The summed E-state index contributed by atoms with van der Waals surface area (Å²) in [4.78, 5) is 0. The van der Waals surface area contributed by atoms with Crippen LogP contribution in [0.4, 0.5) is 0 Å². The van der Waals surface area contributed by atoms with E-state index in [1.54, 1.807) is 7.11 Å². The van der Waals surface area contributed by atoms with E-state index in [-0.39, 0.29) is 0 Å². The lowest BCUT2D eigenvalue weighted by Crippen LogP contribution is -2.28. The Labute approximate surface area is 113 Å². The first kappa shape index (κ1) is 11.7. The van der Waals surface area contributed by atoms with Gasteiger partial charge in [-0.15, -0.1) is 10.2 Å². The van der Waals surface area contributed by atoms with Crippen molar-refractivity contribution in [3.8, 4) is 17.1 Å². The van der Waals surface area contributed by atoms with Gasteiger partial charge in [-0.1, -0.05) is 0 Å². The summed E-state index contributed by atoms with van der Waals surface area (Å²) in [6.45, 7) is 2.64. The zero-order valence-corrected chi connectivity index (χ0v) is 11.6. The van der Waals surface area contributed by atoms with E-state index in [9.17, 15) is 0 Å². The van der Waals surface area contributed by atoms with Gasteiger partial charge in [0.2, 0.25) is 0 Å². The van der Waals surface area contributed by atoms with Crippen molar-refractivity contribution in [2.24, 2.45) is 0 Å². The van der Waals surface area contributed by atoms with Crippen molar-refractivity contribution in [3.05, 3.63) is 28.5 Å². The molecule has 0 unspecified atom stereocenters. The largest absolute Gasteiger partial charge is 0.496 e. The van der Waals surface area contributed by atoms with Crippen LogP contribution in [0.5, 0.6) is 5.75 Å². The van der Waals surface area contributed by atoms with Crippen LogP contribution in [0.1, 0.15) is 5.82 Å². The number of methoxy groups -OCH3 is 1. The minimum atomic E-state index is 0.782. The van der Waals surface area contributed by atoms with Crippen LogP contribution in [0.2, 0.25) is 0 Å². The standard InChI is InChI=1S/C12H13BrN4O/c1-18-10-3-2-8(6-9(10)13)12-16-15-11-7-14-4-5-17(11)12/h2-3,6,14H,4-5,7H2,1H3. The Morgan fingerprint density at radius 2 is 2.28 bits per heavy atom. The number of hydrogen-bond donors (Lipinski definition) is 1. The van der Waals surface area contributed by atoms with Crippen LogP contribution in [-0.2, 0) is 13.1 Å². The van der Waals surface area contributed by atoms with Gasteiger partial charge >= 0.3 is 0 Å². The molecular formula is C12H13BrN4O. The fourth-order valence-corrected chi connectivity index (χ4v) is 2.65. The first-order chi connectivity index (χ1) is 8.79. The Bertz CT molecular complexity index is 581. The van der Waals surface area contributed by atoms with Crippen molar-refractivity contribution in [1.29, 1.82) is 0 Å². The Morgan fingerprint density at radius 1 is 1.39 bits per heavy atom. The quantitative estimate of drug-likeness (QED) is 0.919. The van der Waals surface area contributed by atoms with Gasteiger partial charge in [-0.3, -0.25) is 0 Å². The topological polar surface area (TPSA) is 52.0 Å². The first-order valence-corrected chi connectivity index (χ1v) is 6.55. The maximum absolute atomic E-state index is 5.23. The summed E-state index contributed by atoms with van der Waals surface area (Å²) < 4.78 is 8.31. The van der Waals surface area contributed by atoms with E-state index >= 15 is 0 Å². The van der Waals surface area contributed by atoms with Gasteiger partial charge in [-0.2, -0.15) is 0 Å². The van der Waals surface area contributed by atoms with Gasteiger partial charge in [0.25, 0.3) is 0 Å². The molecule has 0 saturated heterocycles. The van der Waals surface area contributed by atoms with Crippen molar-refractivity contribution in [3.63, 3.8) is 0 Å². The Balaban J connectivity index is 2.04. The molecule has 0 fully saturated rings. The van der Waals surface area contributed by atoms with E-state index in [2.05, 4.69) is 36.0 Å². The predicted molar refractivity (Wildman–Crippen MR) is 71.4 cm³/mol. The number of benzene rings is 1. The average Bonchev–Trinajstić information content (AvgIpc) is 2.82. The molecule has 0 aliphatic carbocycles. The Hall–Kier alpha value is -1.40. The lowest BCUT2D eigenvalue weighted by Gasteiger charge is -2.16. The molecule has 0 radical (unpaired) electrons. The highest BCUT2D eigenvalue weighted by molar-refractivity contribution is 9.10. The molecule has 1 aromatic carbocycles. The second-order valence-electron chi connectivity index (χ2n) is 4.12. The minimum Gasteiger partial charge on any atom is -0.496 e. The third-order valence-electron chi connectivity index (χ3n) is 3.03. The number of fused-ring (bicyclic) bond motifs is 1. The fraction of sp³-hybridized carbons (Fsp3) is 0.333. The minimum absolute atomic E-state index is 0.782. The second-order valence-corrected chi connectivity index (χ2v) is 4.97. The van der Waals surface area contributed by atoms with Gasteiger partial charge in [0.1, 0.15) is 11.6 Å². The van der Waals surface area contributed by atoms with Crippen molar-refractivity contribution in [2.45, 2.75) is 13.1 Å².